The monoisotopic (exact) mass is 190 g/mol. The summed E-state index contributed by atoms with van der Waals surface area (Å²) < 4.78 is 0. The van der Waals surface area contributed by atoms with Crippen LogP contribution in [0, 0.1) is 5.92 Å². The molecule has 6 nitrogen and oxygen atoms in total. The maximum absolute atomic E-state index is 11.1. The van der Waals surface area contributed by atoms with Gasteiger partial charge >= 0.3 is 5.97 Å². The van der Waals surface area contributed by atoms with Gasteiger partial charge in [-0.1, -0.05) is 6.92 Å². The highest BCUT2D eigenvalue weighted by Crippen LogP contribution is 1.92. The first kappa shape index (κ1) is 11.9. The molecule has 0 spiro atoms. The number of aliphatic hydroxyl groups excluding tert-OH is 1. The van der Waals surface area contributed by atoms with E-state index in [1.54, 1.807) is 6.92 Å². The van der Waals surface area contributed by atoms with Crippen LogP contribution in [0.4, 0.5) is 0 Å². The van der Waals surface area contributed by atoms with E-state index >= 15 is 0 Å². The highest BCUT2D eigenvalue weighted by molar-refractivity contribution is 5.84. The minimum atomic E-state index is -1.26. The molecular weight excluding hydrogens is 176 g/mol. The number of carboxylic acid groups (broad SMARTS) is 1. The van der Waals surface area contributed by atoms with E-state index in [2.05, 4.69) is 5.32 Å². The van der Waals surface area contributed by atoms with Gasteiger partial charge in [0.15, 0.2) is 0 Å². The van der Waals surface area contributed by atoms with Crippen molar-refractivity contribution in [1.29, 1.82) is 0 Å². The average Bonchev–Trinajstić information content (AvgIpc) is 2.11. The molecule has 0 fully saturated rings. The van der Waals surface area contributed by atoms with Crippen LogP contribution in [0.3, 0.4) is 0 Å². The number of carbonyl (C=O) groups is 2. The van der Waals surface area contributed by atoms with Crippen molar-refractivity contribution >= 4 is 11.9 Å². The number of amides is 1. The highest BCUT2D eigenvalue weighted by Gasteiger charge is 2.20. The number of aliphatic carboxylic acids is 1. The summed E-state index contributed by atoms with van der Waals surface area (Å²) >= 11 is 0. The van der Waals surface area contributed by atoms with Crippen LogP contribution in [0.2, 0.25) is 0 Å². The second-order valence-electron chi connectivity index (χ2n) is 2.72. The van der Waals surface area contributed by atoms with E-state index in [-0.39, 0.29) is 6.54 Å². The number of rotatable bonds is 5. The van der Waals surface area contributed by atoms with Crippen molar-refractivity contribution in [2.75, 3.05) is 13.2 Å². The molecule has 0 saturated carbocycles. The maximum Gasteiger partial charge on any atom is 0.328 e. The van der Waals surface area contributed by atoms with Crippen LogP contribution >= 0.6 is 0 Å². The zero-order valence-electron chi connectivity index (χ0n) is 7.36. The number of nitrogens with two attached hydrogens (primary N) is 1. The molecule has 0 radical (unpaired) electrons. The number of hydrogen-bond donors (Lipinski definition) is 4. The summed E-state index contributed by atoms with van der Waals surface area (Å²) in [6.45, 7) is 1.09. The summed E-state index contributed by atoms with van der Waals surface area (Å²) in [7, 11) is 0. The van der Waals surface area contributed by atoms with Crippen molar-refractivity contribution in [2.24, 2.45) is 11.7 Å². The van der Waals surface area contributed by atoms with Gasteiger partial charge in [0, 0.05) is 12.5 Å². The molecule has 0 heterocycles. The summed E-state index contributed by atoms with van der Waals surface area (Å²) in [6.07, 6.45) is 0. The molecule has 0 aromatic heterocycles. The first-order chi connectivity index (χ1) is 6.02. The van der Waals surface area contributed by atoms with Crippen LogP contribution in [0.25, 0.3) is 0 Å². The van der Waals surface area contributed by atoms with Crippen molar-refractivity contribution < 1.29 is 19.8 Å². The van der Waals surface area contributed by atoms with Gasteiger partial charge in [0.05, 0.1) is 6.61 Å². The van der Waals surface area contributed by atoms with Crippen LogP contribution < -0.4 is 11.1 Å². The van der Waals surface area contributed by atoms with E-state index in [1.807, 2.05) is 0 Å². The van der Waals surface area contributed by atoms with Crippen molar-refractivity contribution in [3.05, 3.63) is 0 Å². The minimum absolute atomic E-state index is 0.142. The second-order valence-corrected chi connectivity index (χ2v) is 2.72. The quantitative estimate of drug-likeness (QED) is 0.406. The minimum Gasteiger partial charge on any atom is -0.480 e. The van der Waals surface area contributed by atoms with Crippen LogP contribution in [0.5, 0.6) is 0 Å². The molecule has 1 amide bonds. The van der Waals surface area contributed by atoms with Crippen LogP contribution in [-0.4, -0.2) is 41.3 Å². The van der Waals surface area contributed by atoms with E-state index < -0.39 is 30.4 Å². The fourth-order valence-corrected chi connectivity index (χ4v) is 0.606. The lowest BCUT2D eigenvalue weighted by Gasteiger charge is -2.14. The molecule has 0 aliphatic rings. The largest absolute Gasteiger partial charge is 0.480 e. The molecule has 0 rings (SSSR count). The molecule has 0 aromatic rings. The molecule has 2 atom stereocenters. The number of carboxylic acids is 1. The molecule has 6 heteroatoms. The Balaban J connectivity index is 4.09. The zero-order chi connectivity index (χ0) is 10.4. The zero-order valence-corrected chi connectivity index (χ0v) is 7.36. The molecule has 0 saturated heterocycles. The van der Waals surface area contributed by atoms with Gasteiger partial charge < -0.3 is 21.3 Å². The number of nitrogens with one attached hydrogen (secondary N) is 1. The van der Waals surface area contributed by atoms with E-state index in [0.717, 1.165) is 0 Å². The normalized spacial score (nSPS) is 14.7. The molecule has 0 aliphatic carbocycles. The van der Waals surface area contributed by atoms with Crippen LogP contribution in [0.15, 0.2) is 0 Å². The lowest BCUT2D eigenvalue weighted by molar-refractivity contribution is -0.143. The topological polar surface area (TPSA) is 113 Å². The van der Waals surface area contributed by atoms with Crippen LogP contribution in [0.1, 0.15) is 6.92 Å². The Morgan fingerprint density at radius 1 is 1.54 bits per heavy atom. The van der Waals surface area contributed by atoms with Gasteiger partial charge in [-0.05, 0) is 0 Å². The van der Waals surface area contributed by atoms with Gasteiger partial charge in [-0.15, -0.1) is 0 Å². The molecule has 76 valence electrons. The van der Waals surface area contributed by atoms with E-state index in [0.29, 0.717) is 0 Å². The van der Waals surface area contributed by atoms with E-state index in [9.17, 15) is 9.59 Å². The average molecular weight is 190 g/mol. The Morgan fingerprint density at radius 2 is 2.08 bits per heavy atom. The van der Waals surface area contributed by atoms with Gasteiger partial charge in [0.1, 0.15) is 6.04 Å². The van der Waals surface area contributed by atoms with Crippen LogP contribution in [-0.2, 0) is 9.59 Å². The summed E-state index contributed by atoms with van der Waals surface area (Å²) in [5.74, 6) is -2.18. The van der Waals surface area contributed by atoms with Gasteiger partial charge in [-0.2, -0.15) is 0 Å². The number of hydrogen-bond acceptors (Lipinski definition) is 4. The van der Waals surface area contributed by atoms with Crippen molar-refractivity contribution in [3.8, 4) is 0 Å². The van der Waals surface area contributed by atoms with Crippen molar-refractivity contribution in [1.82, 2.24) is 5.32 Å². The van der Waals surface area contributed by atoms with Crippen molar-refractivity contribution in [3.63, 3.8) is 0 Å². The predicted molar refractivity (Wildman–Crippen MR) is 44.9 cm³/mol. The first-order valence-electron chi connectivity index (χ1n) is 3.87. The predicted octanol–water partition coefficient (Wildman–Crippen LogP) is -1.86. The molecule has 1 unspecified atom stereocenters. The third-order valence-electron chi connectivity index (χ3n) is 1.60. The smallest absolute Gasteiger partial charge is 0.328 e. The third kappa shape index (κ3) is 3.86. The lowest BCUT2D eigenvalue weighted by Crippen LogP contribution is -2.46. The Labute approximate surface area is 75.7 Å². The van der Waals surface area contributed by atoms with Gasteiger partial charge in [-0.25, -0.2) is 4.79 Å². The van der Waals surface area contributed by atoms with Gasteiger partial charge in [0.2, 0.25) is 5.91 Å². The molecule has 0 aliphatic heterocycles. The Morgan fingerprint density at radius 3 is 2.38 bits per heavy atom. The van der Waals surface area contributed by atoms with E-state index in [4.69, 9.17) is 15.9 Å². The summed E-state index contributed by atoms with van der Waals surface area (Å²) in [5.41, 5.74) is 5.20. The first-order valence-corrected chi connectivity index (χ1v) is 3.87. The fourth-order valence-electron chi connectivity index (χ4n) is 0.606. The molecular formula is C7H14N2O4. The molecule has 5 N–H and O–H groups in total. The third-order valence-corrected chi connectivity index (χ3v) is 1.60. The number of aliphatic hydroxyl groups is 1. The second kappa shape index (κ2) is 5.50. The van der Waals surface area contributed by atoms with Gasteiger partial charge in [0.25, 0.3) is 0 Å². The Bertz CT molecular complexity index is 195. The Kier molecular flexibility index (Phi) is 5.01. The fraction of sp³-hybridized carbons (Fsp3) is 0.714. The molecule has 13 heavy (non-hydrogen) atoms. The molecule has 0 aromatic carbocycles. The van der Waals surface area contributed by atoms with Crippen molar-refractivity contribution in [2.45, 2.75) is 13.0 Å². The summed E-state index contributed by atoms with van der Waals surface area (Å²) in [5, 5.41) is 19.2. The maximum atomic E-state index is 11.1. The summed E-state index contributed by atoms with van der Waals surface area (Å²) in [4.78, 5) is 21.5. The van der Waals surface area contributed by atoms with Gasteiger partial charge in [-0.3, -0.25) is 4.79 Å². The SMILES string of the molecule is CC(CN)C(=O)N[C@H](CO)C(=O)O. The standard InChI is InChI=1S/C7H14N2O4/c1-4(2-8)6(11)9-5(3-10)7(12)13/h4-5,10H,2-3,8H2,1H3,(H,9,11)(H,12,13)/t4?,5-/m1/s1. The molecule has 0 bridgehead atoms. The van der Waals surface area contributed by atoms with E-state index in [1.165, 1.54) is 0 Å². The Hall–Kier alpha value is -1.14. The highest BCUT2D eigenvalue weighted by atomic mass is 16.4. The lowest BCUT2D eigenvalue weighted by atomic mass is 10.1. The number of carbonyl (C=O) groups excluding carboxylic acids is 1. The summed E-state index contributed by atoms with van der Waals surface area (Å²) in [6, 6.07) is -1.25.